The van der Waals surface area contributed by atoms with Gasteiger partial charge in [0.15, 0.2) is 18.0 Å². The minimum atomic E-state index is -1.39. The second-order valence-corrected chi connectivity index (χ2v) is 8.02. The number of carbonyl (C=O) groups excluding carboxylic acids is 2. The van der Waals surface area contributed by atoms with Gasteiger partial charge in [-0.1, -0.05) is 36.4 Å². The Labute approximate surface area is 179 Å². The number of esters is 2. The molecule has 4 rings (SSSR count). The lowest BCUT2D eigenvalue weighted by Gasteiger charge is -2.42. The lowest BCUT2D eigenvalue weighted by Crippen LogP contribution is -2.64. The Morgan fingerprint density at radius 2 is 1.10 bits per heavy atom. The van der Waals surface area contributed by atoms with Gasteiger partial charge in [0.1, 0.15) is 24.4 Å². The molecule has 0 amide bonds. The third-order valence-electron chi connectivity index (χ3n) is 5.34. The highest BCUT2D eigenvalue weighted by Gasteiger charge is 2.60. The Kier molecular flexibility index (Phi) is 5.81. The fourth-order valence-corrected chi connectivity index (χ4v) is 3.91. The molecule has 0 unspecified atom stereocenters. The van der Waals surface area contributed by atoms with Crippen molar-refractivity contribution in [3.63, 3.8) is 0 Å². The summed E-state index contributed by atoms with van der Waals surface area (Å²) in [4.78, 5) is 25.3. The van der Waals surface area contributed by atoms with Gasteiger partial charge in [0, 0.05) is 0 Å². The Balaban J connectivity index is 1.62. The molecule has 0 spiro atoms. The number of aliphatic hydroxyl groups excluding tert-OH is 2. The van der Waals surface area contributed by atoms with E-state index in [1.807, 2.05) is 0 Å². The summed E-state index contributed by atoms with van der Waals surface area (Å²) in [6.45, 7) is 3.28. The van der Waals surface area contributed by atoms with Crippen LogP contribution in [0.5, 0.6) is 0 Å². The molecule has 1 heterocycles. The number of ether oxygens (including phenoxy) is 4. The monoisotopic (exact) mass is 428 g/mol. The van der Waals surface area contributed by atoms with Crippen LogP contribution in [0.25, 0.3) is 0 Å². The lowest BCUT2D eigenvalue weighted by atomic mass is 9.84. The van der Waals surface area contributed by atoms with Crippen molar-refractivity contribution in [2.24, 2.45) is 0 Å². The summed E-state index contributed by atoms with van der Waals surface area (Å²) >= 11 is 0. The fourth-order valence-electron chi connectivity index (χ4n) is 3.91. The molecule has 2 aliphatic rings. The number of benzene rings is 2. The highest BCUT2D eigenvalue weighted by molar-refractivity contribution is 5.90. The van der Waals surface area contributed by atoms with Crippen molar-refractivity contribution in [1.29, 1.82) is 0 Å². The van der Waals surface area contributed by atoms with E-state index in [0.717, 1.165) is 0 Å². The highest BCUT2D eigenvalue weighted by atomic mass is 16.8. The SMILES string of the molecule is CC1(C)O[C@@H]2[C@@H](O)[C@H](OC(=O)c3ccccc3)[C@@H](OC(=O)c3ccccc3)[C@@H](O)[C@H]2O1. The molecule has 1 aliphatic heterocycles. The molecule has 0 bridgehead atoms. The molecular weight excluding hydrogens is 404 g/mol. The lowest BCUT2D eigenvalue weighted by molar-refractivity contribution is -0.194. The molecule has 1 aliphatic carbocycles. The summed E-state index contributed by atoms with van der Waals surface area (Å²) in [6, 6.07) is 16.4. The maximum absolute atomic E-state index is 12.7. The van der Waals surface area contributed by atoms with Crippen molar-refractivity contribution < 1.29 is 38.7 Å². The molecule has 8 nitrogen and oxygen atoms in total. The summed E-state index contributed by atoms with van der Waals surface area (Å²) in [5.74, 6) is -2.53. The van der Waals surface area contributed by atoms with Crippen LogP contribution in [0.1, 0.15) is 34.6 Å². The molecule has 6 atom stereocenters. The Morgan fingerprint density at radius 1 is 0.742 bits per heavy atom. The zero-order valence-electron chi connectivity index (χ0n) is 17.1. The molecule has 2 aromatic carbocycles. The van der Waals surface area contributed by atoms with Gasteiger partial charge in [-0.05, 0) is 38.1 Å². The first-order chi connectivity index (χ1) is 14.8. The summed E-state index contributed by atoms with van der Waals surface area (Å²) in [5.41, 5.74) is 0.506. The Morgan fingerprint density at radius 3 is 1.45 bits per heavy atom. The zero-order valence-corrected chi connectivity index (χ0v) is 17.1. The third-order valence-corrected chi connectivity index (χ3v) is 5.34. The summed E-state index contributed by atoms with van der Waals surface area (Å²) in [7, 11) is 0. The van der Waals surface area contributed by atoms with E-state index >= 15 is 0 Å². The van der Waals surface area contributed by atoms with Gasteiger partial charge in [-0.3, -0.25) is 0 Å². The van der Waals surface area contributed by atoms with Crippen LogP contribution in [0.15, 0.2) is 60.7 Å². The number of hydrogen-bond acceptors (Lipinski definition) is 8. The van der Waals surface area contributed by atoms with E-state index in [2.05, 4.69) is 0 Å². The van der Waals surface area contributed by atoms with Crippen molar-refractivity contribution >= 4 is 11.9 Å². The Bertz CT molecular complexity index is 854. The van der Waals surface area contributed by atoms with Crippen LogP contribution in [0, 0.1) is 0 Å². The third kappa shape index (κ3) is 4.33. The Hall–Kier alpha value is -2.78. The number of carbonyl (C=O) groups is 2. The second kappa shape index (κ2) is 8.39. The normalized spacial score (nSPS) is 31.5. The van der Waals surface area contributed by atoms with Gasteiger partial charge in [0.05, 0.1) is 11.1 Å². The number of rotatable bonds is 4. The van der Waals surface area contributed by atoms with Crippen molar-refractivity contribution in [1.82, 2.24) is 0 Å². The number of hydrogen-bond donors (Lipinski definition) is 2. The molecule has 1 saturated heterocycles. The van der Waals surface area contributed by atoms with Crippen LogP contribution in [-0.2, 0) is 18.9 Å². The minimum Gasteiger partial charge on any atom is -0.452 e. The highest BCUT2D eigenvalue weighted by Crippen LogP contribution is 2.39. The maximum Gasteiger partial charge on any atom is 0.338 e. The number of aliphatic hydroxyl groups is 2. The van der Waals surface area contributed by atoms with Gasteiger partial charge in [-0.15, -0.1) is 0 Å². The van der Waals surface area contributed by atoms with E-state index < -0.39 is 54.3 Å². The molecular formula is C23H24O8. The molecule has 0 radical (unpaired) electrons. The predicted molar refractivity (Wildman–Crippen MR) is 107 cm³/mol. The van der Waals surface area contributed by atoms with Gasteiger partial charge >= 0.3 is 11.9 Å². The molecule has 164 valence electrons. The van der Waals surface area contributed by atoms with Gasteiger partial charge in [0.2, 0.25) is 0 Å². The van der Waals surface area contributed by atoms with E-state index in [1.165, 1.54) is 0 Å². The molecule has 2 fully saturated rings. The van der Waals surface area contributed by atoms with Gasteiger partial charge < -0.3 is 29.2 Å². The quantitative estimate of drug-likeness (QED) is 0.708. The maximum atomic E-state index is 12.7. The average Bonchev–Trinajstić information content (AvgIpc) is 3.11. The molecule has 8 heteroatoms. The van der Waals surface area contributed by atoms with Crippen molar-refractivity contribution in [2.75, 3.05) is 0 Å². The van der Waals surface area contributed by atoms with Crippen LogP contribution < -0.4 is 0 Å². The summed E-state index contributed by atoms with van der Waals surface area (Å²) in [6.07, 6.45) is -7.45. The molecule has 31 heavy (non-hydrogen) atoms. The van der Waals surface area contributed by atoms with Crippen LogP contribution in [-0.4, -0.2) is 64.6 Å². The molecule has 2 aromatic rings. The smallest absolute Gasteiger partial charge is 0.338 e. The van der Waals surface area contributed by atoms with Crippen LogP contribution in [0.4, 0.5) is 0 Å². The van der Waals surface area contributed by atoms with Gasteiger partial charge in [-0.2, -0.15) is 0 Å². The summed E-state index contributed by atoms with van der Waals surface area (Å²) in [5, 5.41) is 21.9. The predicted octanol–water partition coefficient (Wildman–Crippen LogP) is 1.69. The van der Waals surface area contributed by atoms with E-state index in [0.29, 0.717) is 0 Å². The van der Waals surface area contributed by atoms with E-state index in [4.69, 9.17) is 18.9 Å². The largest absolute Gasteiger partial charge is 0.452 e. The van der Waals surface area contributed by atoms with Crippen LogP contribution >= 0.6 is 0 Å². The van der Waals surface area contributed by atoms with Gasteiger partial charge in [-0.25, -0.2) is 9.59 Å². The van der Waals surface area contributed by atoms with Crippen molar-refractivity contribution in [3.8, 4) is 0 Å². The topological polar surface area (TPSA) is 112 Å². The number of fused-ring (bicyclic) bond motifs is 1. The van der Waals surface area contributed by atoms with Crippen molar-refractivity contribution in [3.05, 3.63) is 71.8 Å². The van der Waals surface area contributed by atoms with Gasteiger partial charge in [0.25, 0.3) is 0 Å². The molecule has 1 saturated carbocycles. The van der Waals surface area contributed by atoms with Crippen LogP contribution in [0.3, 0.4) is 0 Å². The van der Waals surface area contributed by atoms with Crippen molar-refractivity contribution in [2.45, 2.75) is 56.3 Å². The first kappa shape index (κ1) is 21.5. The molecule has 0 aromatic heterocycles. The average molecular weight is 428 g/mol. The first-order valence-electron chi connectivity index (χ1n) is 10.0. The van der Waals surface area contributed by atoms with E-state index in [9.17, 15) is 19.8 Å². The fraction of sp³-hybridized carbons (Fsp3) is 0.391. The first-order valence-corrected chi connectivity index (χ1v) is 10.0. The minimum absolute atomic E-state index is 0.253. The standard InChI is InChI=1S/C23H24O8/c1-23(2)30-19-15(24)17(28-21(26)13-9-5-3-6-10-13)18(16(25)20(19)31-23)29-22(27)14-11-7-4-8-12-14/h3-12,15-20,24-25H,1-2H3/t15-,16+,17-,18-,19+,20+/m0/s1. The molecule has 2 N–H and O–H groups in total. The zero-order chi connectivity index (χ0) is 22.2. The second-order valence-electron chi connectivity index (χ2n) is 8.02. The summed E-state index contributed by atoms with van der Waals surface area (Å²) < 4.78 is 22.5. The van der Waals surface area contributed by atoms with Crippen LogP contribution in [0.2, 0.25) is 0 Å². The van der Waals surface area contributed by atoms with E-state index in [-0.39, 0.29) is 11.1 Å². The van der Waals surface area contributed by atoms with E-state index in [1.54, 1.807) is 74.5 Å².